The lowest BCUT2D eigenvalue weighted by molar-refractivity contribution is 1.32. The molecule has 3 heterocycles. The minimum atomic E-state index is 0.685. The number of pyridine rings is 2. The Kier molecular flexibility index (Phi) is 6.72. The molecule has 0 spiro atoms. The van der Waals surface area contributed by atoms with Crippen LogP contribution in [0.2, 0.25) is 0 Å². The number of nitriles is 1. The average Bonchev–Trinajstić information content (AvgIpc) is 3.49. The first-order valence-corrected chi connectivity index (χ1v) is 15.6. The van der Waals surface area contributed by atoms with Crippen molar-refractivity contribution in [3.63, 3.8) is 0 Å². The third-order valence-corrected chi connectivity index (χ3v) is 9.28. The van der Waals surface area contributed by atoms with Crippen molar-refractivity contribution in [1.82, 2.24) is 9.97 Å². The second kappa shape index (κ2) is 11.3. The van der Waals surface area contributed by atoms with Gasteiger partial charge in [0.1, 0.15) is 0 Å². The van der Waals surface area contributed by atoms with Crippen LogP contribution in [0, 0.1) is 11.3 Å². The molecule has 0 amide bonds. The third-order valence-electron chi connectivity index (χ3n) is 8.16. The molecule has 210 valence electrons. The first-order chi connectivity index (χ1) is 22.2. The van der Waals surface area contributed by atoms with E-state index < -0.39 is 0 Å². The van der Waals surface area contributed by atoms with Gasteiger partial charge >= 0.3 is 0 Å². The van der Waals surface area contributed by atoms with Crippen LogP contribution in [0.25, 0.3) is 76.1 Å². The maximum atomic E-state index is 9.41. The van der Waals surface area contributed by atoms with Crippen LogP contribution in [0.3, 0.4) is 0 Å². The van der Waals surface area contributed by atoms with E-state index in [4.69, 9.17) is 4.98 Å². The molecule has 0 fully saturated rings. The molecule has 45 heavy (non-hydrogen) atoms. The fraction of sp³-hybridized carbons (Fsp3) is 0. The summed E-state index contributed by atoms with van der Waals surface area (Å²) in [6.07, 6.45) is 3.73. The van der Waals surface area contributed by atoms with Crippen molar-refractivity contribution in [2.45, 2.75) is 0 Å². The SMILES string of the molecule is N#Cc1ccc2c(c1)sc1cc(-c3cc(-c4cccnc4)cc(-c4cc(-c5ccccc5)nc(-c5ccccc5)c4)c3)ccc12. The summed E-state index contributed by atoms with van der Waals surface area (Å²) in [4.78, 5) is 9.52. The van der Waals surface area contributed by atoms with Gasteiger partial charge in [-0.1, -0.05) is 84.9 Å². The summed E-state index contributed by atoms with van der Waals surface area (Å²) in [6.45, 7) is 0. The van der Waals surface area contributed by atoms with Crippen molar-refractivity contribution in [3.05, 3.63) is 157 Å². The van der Waals surface area contributed by atoms with Crippen molar-refractivity contribution in [2.75, 3.05) is 0 Å². The van der Waals surface area contributed by atoms with Crippen LogP contribution in [0.1, 0.15) is 5.56 Å². The molecule has 0 bridgehead atoms. The molecule has 0 aliphatic carbocycles. The first-order valence-electron chi connectivity index (χ1n) is 14.8. The summed E-state index contributed by atoms with van der Waals surface area (Å²) in [7, 11) is 0. The van der Waals surface area contributed by atoms with E-state index >= 15 is 0 Å². The number of aromatic nitrogens is 2. The molecule has 0 N–H and O–H groups in total. The highest BCUT2D eigenvalue weighted by molar-refractivity contribution is 7.25. The van der Waals surface area contributed by atoms with E-state index in [1.165, 1.54) is 15.5 Å². The van der Waals surface area contributed by atoms with Crippen LogP contribution < -0.4 is 0 Å². The molecule has 3 aromatic heterocycles. The number of thiophene rings is 1. The zero-order valence-corrected chi connectivity index (χ0v) is 25.0. The zero-order valence-electron chi connectivity index (χ0n) is 24.2. The molecular weight excluding hydrogens is 567 g/mol. The van der Waals surface area contributed by atoms with Crippen LogP contribution in [0.5, 0.6) is 0 Å². The largest absolute Gasteiger partial charge is 0.264 e. The lowest BCUT2D eigenvalue weighted by Gasteiger charge is -2.14. The summed E-state index contributed by atoms with van der Waals surface area (Å²) in [6, 6.07) is 50.9. The fourth-order valence-corrected chi connectivity index (χ4v) is 7.08. The van der Waals surface area contributed by atoms with E-state index in [0.717, 1.165) is 60.6 Å². The Hall–Kier alpha value is -5.89. The van der Waals surface area contributed by atoms with Gasteiger partial charge in [0.25, 0.3) is 0 Å². The number of nitrogens with zero attached hydrogens (tertiary/aromatic N) is 3. The number of hydrogen-bond acceptors (Lipinski definition) is 4. The lowest BCUT2D eigenvalue weighted by atomic mass is 9.92. The number of fused-ring (bicyclic) bond motifs is 3. The molecule has 8 aromatic rings. The maximum Gasteiger partial charge on any atom is 0.0992 e. The molecule has 8 rings (SSSR count). The highest BCUT2D eigenvalue weighted by Gasteiger charge is 2.14. The van der Waals surface area contributed by atoms with Gasteiger partial charge in [-0.2, -0.15) is 5.26 Å². The predicted octanol–water partition coefficient (Wildman–Crippen LogP) is 11.1. The van der Waals surface area contributed by atoms with Gasteiger partial charge in [-0.3, -0.25) is 4.98 Å². The fourth-order valence-electron chi connectivity index (χ4n) is 5.90. The standard InChI is InChI=1S/C41H25N3S/c42-25-27-13-15-36-37-16-14-30(24-41(37)45-40(36)18-27)32-19-33(31-12-7-17-43-26-31)21-34(20-32)35-22-38(28-8-3-1-4-9-28)44-39(23-35)29-10-5-2-6-11-29/h1-24,26H. The van der Waals surface area contributed by atoms with Crippen molar-refractivity contribution in [2.24, 2.45) is 0 Å². The minimum absolute atomic E-state index is 0.685. The molecule has 3 nitrogen and oxygen atoms in total. The van der Waals surface area contributed by atoms with Crippen molar-refractivity contribution < 1.29 is 0 Å². The predicted molar refractivity (Wildman–Crippen MR) is 187 cm³/mol. The Labute approximate surface area is 265 Å². The second-order valence-electron chi connectivity index (χ2n) is 11.0. The highest BCUT2D eigenvalue weighted by atomic mass is 32.1. The normalized spacial score (nSPS) is 11.1. The van der Waals surface area contributed by atoms with Crippen molar-refractivity contribution in [3.8, 4) is 62.0 Å². The van der Waals surface area contributed by atoms with Crippen LogP contribution in [-0.4, -0.2) is 9.97 Å². The van der Waals surface area contributed by atoms with E-state index in [1.54, 1.807) is 11.3 Å². The van der Waals surface area contributed by atoms with Gasteiger partial charge < -0.3 is 0 Å². The van der Waals surface area contributed by atoms with E-state index in [1.807, 2.05) is 42.7 Å². The summed E-state index contributed by atoms with van der Waals surface area (Å²) in [5.74, 6) is 0. The Balaban J connectivity index is 1.33. The molecule has 0 saturated heterocycles. The van der Waals surface area contributed by atoms with Crippen LogP contribution in [-0.2, 0) is 0 Å². The maximum absolute atomic E-state index is 9.41. The summed E-state index contributed by atoms with van der Waals surface area (Å²) in [5, 5.41) is 11.8. The van der Waals surface area contributed by atoms with Gasteiger partial charge in [0.2, 0.25) is 0 Å². The third kappa shape index (κ3) is 5.16. The molecule has 0 atom stereocenters. The van der Waals surface area contributed by atoms with E-state index in [9.17, 15) is 5.26 Å². The second-order valence-corrected chi connectivity index (χ2v) is 12.1. The van der Waals surface area contributed by atoms with Crippen LogP contribution in [0.4, 0.5) is 0 Å². The van der Waals surface area contributed by atoms with Gasteiger partial charge in [-0.05, 0) is 82.4 Å². The highest BCUT2D eigenvalue weighted by Crippen LogP contribution is 2.39. The molecule has 0 saturated carbocycles. The molecule has 4 heteroatoms. The minimum Gasteiger partial charge on any atom is -0.264 e. The van der Waals surface area contributed by atoms with E-state index in [0.29, 0.717) is 5.56 Å². The molecule has 5 aromatic carbocycles. The van der Waals surface area contributed by atoms with Gasteiger partial charge in [-0.15, -0.1) is 11.3 Å². The Morgan fingerprint density at radius 2 is 1.02 bits per heavy atom. The Bertz CT molecular complexity index is 2310. The monoisotopic (exact) mass is 591 g/mol. The van der Waals surface area contributed by atoms with Crippen molar-refractivity contribution >= 4 is 31.5 Å². The molecule has 0 radical (unpaired) electrons. The van der Waals surface area contributed by atoms with Gasteiger partial charge in [0.05, 0.1) is 23.0 Å². The molecular formula is C41H25N3S. The summed E-state index contributed by atoms with van der Waals surface area (Å²) >= 11 is 1.73. The smallest absolute Gasteiger partial charge is 0.0992 e. The van der Waals surface area contributed by atoms with E-state index in [2.05, 4.69) is 120 Å². The summed E-state index contributed by atoms with van der Waals surface area (Å²) < 4.78 is 2.33. The van der Waals surface area contributed by atoms with Gasteiger partial charge in [-0.25, -0.2) is 4.98 Å². The number of hydrogen-bond donors (Lipinski definition) is 0. The zero-order chi connectivity index (χ0) is 30.2. The molecule has 0 aliphatic heterocycles. The van der Waals surface area contributed by atoms with Crippen LogP contribution in [0.15, 0.2) is 152 Å². The van der Waals surface area contributed by atoms with Crippen molar-refractivity contribution in [1.29, 1.82) is 5.26 Å². The Morgan fingerprint density at radius 1 is 0.467 bits per heavy atom. The number of rotatable bonds is 5. The topological polar surface area (TPSA) is 49.6 Å². The quantitative estimate of drug-likeness (QED) is 0.200. The molecule has 0 unspecified atom stereocenters. The Morgan fingerprint density at radius 3 is 1.64 bits per heavy atom. The van der Waals surface area contributed by atoms with E-state index in [-0.39, 0.29) is 0 Å². The van der Waals surface area contributed by atoms with Crippen LogP contribution >= 0.6 is 11.3 Å². The average molecular weight is 592 g/mol. The van der Waals surface area contributed by atoms with Gasteiger partial charge in [0, 0.05) is 49.3 Å². The first kappa shape index (κ1) is 26.7. The summed E-state index contributed by atoms with van der Waals surface area (Å²) in [5.41, 5.74) is 11.4. The lowest BCUT2D eigenvalue weighted by Crippen LogP contribution is -1.92. The molecule has 0 aliphatic rings. The van der Waals surface area contributed by atoms with Gasteiger partial charge in [0.15, 0.2) is 0 Å². The number of benzene rings is 5.